The summed E-state index contributed by atoms with van der Waals surface area (Å²) in [7, 11) is 1.68. The Kier molecular flexibility index (Phi) is 8.09. The zero-order valence-corrected chi connectivity index (χ0v) is 16.7. The van der Waals surface area contributed by atoms with E-state index in [1.165, 1.54) is 5.56 Å². The standard InChI is InChI=1S/C20H26BrNO3/c1-4-10-25-20-12-18(21)16(11-19(20)24-5-2)14-22-13-15-6-8-17(23-3)9-7-15/h6-9,11-12,22H,4-5,10,13-14H2,1-3H3. The van der Waals surface area contributed by atoms with Crippen LogP contribution in [-0.4, -0.2) is 20.3 Å². The van der Waals surface area contributed by atoms with Crippen molar-refractivity contribution in [2.45, 2.75) is 33.4 Å². The number of benzene rings is 2. The number of ether oxygens (including phenoxy) is 3. The molecule has 0 bridgehead atoms. The Morgan fingerprint density at radius 3 is 2.32 bits per heavy atom. The van der Waals surface area contributed by atoms with Crippen molar-refractivity contribution in [3.05, 3.63) is 52.0 Å². The second-order valence-electron chi connectivity index (χ2n) is 5.62. The fourth-order valence-corrected chi connectivity index (χ4v) is 2.85. The van der Waals surface area contributed by atoms with Crippen LogP contribution in [0.15, 0.2) is 40.9 Å². The van der Waals surface area contributed by atoms with Crippen LogP contribution in [0, 0.1) is 0 Å². The van der Waals surface area contributed by atoms with Crippen LogP contribution in [0.1, 0.15) is 31.4 Å². The highest BCUT2D eigenvalue weighted by molar-refractivity contribution is 9.10. The molecule has 0 aliphatic carbocycles. The molecule has 0 unspecified atom stereocenters. The van der Waals surface area contributed by atoms with Crippen LogP contribution >= 0.6 is 15.9 Å². The van der Waals surface area contributed by atoms with E-state index in [2.05, 4.69) is 40.3 Å². The van der Waals surface area contributed by atoms with Gasteiger partial charge in [-0.25, -0.2) is 0 Å². The minimum absolute atomic E-state index is 0.614. The molecule has 25 heavy (non-hydrogen) atoms. The monoisotopic (exact) mass is 407 g/mol. The Bertz CT molecular complexity index is 659. The van der Waals surface area contributed by atoms with Crippen LogP contribution in [0.3, 0.4) is 0 Å². The van der Waals surface area contributed by atoms with Gasteiger partial charge in [0.15, 0.2) is 11.5 Å². The highest BCUT2D eigenvalue weighted by atomic mass is 79.9. The lowest BCUT2D eigenvalue weighted by atomic mass is 10.1. The van der Waals surface area contributed by atoms with Crippen LogP contribution in [0.4, 0.5) is 0 Å². The Balaban J connectivity index is 2.01. The second kappa shape index (κ2) is 10.3. The highest BCUT2D eigenvalue weighted by Crippen LogP contribution is 2.34. The molecule has 136 valence electrons. The van der Waals surface area contributed by atoms with Gasteiger partial charge in [0.25, 0.3) is 0 Å². The van der Waals surface area contributed by atoms with Crippen molar-refractivity contribution in [3.63, 3.8) is 0 Å². The van der Waals surface area contributed by atoms with Crippen molar-refractivity contribution >= 4 is 15.9 Å². The van der Waals surface area contributed by atoms with Gasteiger partial charge in [-0.15, -0.1) is 0 Å². The van der Waals surface area contributed by atoms with E-state index in [0.29, 0.717) is 13.2 Å². The molecule has 0 aliphatic heterocycles. The summed E-state index contributed by atoms with van der Waals surface area (Å²) in [4.78, 5) is 0. The van der Waals surface area contributed by atoms with Gasteiger partial charge in [-0.2, -0.15) is 0 Å². The molecule has 0 aromatic heterocycles. The maximum atomic E-state index is 5.78. The van der Waals surface area contributed by atoms with E-state index in [1.807, 2.05) is 31.2 Å². The third kappa shape index (κ3) is 5.94. The first-order chi connectivity index (χ1) is 12.2. The molecular formula is C20H26BrNO3. The van der Waals surface area contributed by atoms with E-state index >= 15 is 0 Å². The summed E-state index contributed by atoms with van der Waals surface area (Å²) >= 11 is 3.64. The number of methoxy groups -OCH3 is 1. The molecule has 0 atom stereocenters. The molecule has 4 nitrogen and oxygen atoms in total. The molecule has 2 aromatic carbocycles. The van der Waals surface area contributed by atoms with Gasteiger partial charge in [0.2, 0.25) is 0 Å². The molecule has 2 rings (SSSR count). The van der Waals surface area contributed by atoms with Gasteiger partial charge in [0, 0.05) is 17.6 Å². The molecule has 0 amide bonds. The van der Waals surface area contributed by atoms with Crippen LogP contribution in [0.25, 0.3) is 0 Å². The second-order valence-corrected chi connectivity index (χ2v) is 6.48. The summed E-state index contributed by atoms with van der Waals surface area (Å²) in [6.45, 7) is 6.89. The first kappa shape index (κ1) is 19.6. The van der Waals surface area contributed by atoms with E-state index in [0.717, 1.165) is 46.8 Å². The summed E-state index contributed by atoms with van der Waals surface area (Å²) < 4.78 is 17.7. The predicted octanol–water partition coefficient (Wildman–Crippen LogP) is 4.94. The first-order valence-corrected chi connectivity index (χ1v) is 9.38. The van der Waals surface area contributed by atoms with Crippen LogP contribution in [0.5, 0.6) is 17.2 Å². The Labute approximate surface area is 158 Å². The molecule has 0 radical (unpaired) electrons. The van der Waals surface area contributed by atoms with Crippen LogP contribution in [-0.2, 0) is 13.1 Å². The van der Waals surface area contributed by atoms with Gasteiger partial charge in [-0.05, 0) is 48.7 Å². The van der Waals surface area contributed by atoms with Gasteiger partial charge < -0.3 is 19.5 Å². The molecule has 2 aromatic rings. The Hall–Kier alpha value is -1.72. The third-order valence-corrected chi connectivity index (χ3v) is 4.42. The van der Waals surface area contributed by atoms with Gasteiger partial charge in [0.1, 0.15) is 5.75 Å². The summed E-state index contributed by atoms with van der Waals surface area (Å²) in [5.74, 6) is 2.45. The summed E-state index contributed by atoms with van der Waals surface area (Å²) in [6.07, 6.45) is 0.967. The van der Waals surface area contributed by atoms with Crippen molar-refractivity contribution in [3.8, 4) is 17.2 Å². The zero-order chi connectivity index (χ0) is 18.1. The highest BCUT2D eigenvalue weighted by Gasteiger charge is 2.11. The van der Waals surface area contributed by atoms with Gasteiger partial charge >= 0.3 is 0 Å². The maximum absolute atomic E-state index is 5.78. The Morgan fingerprint density at radius 2 is 1.68 bits per heavy atom. The van der Waals surface area contributed by atoms with E-state index in [4.69, 9.17) is 14.2 Å². The van der Waals surface area contributed by atoms with Crippen LogP contribution < -0.4 is 19.5 Å². The average molecular weight is 408 g/mol. The maximum Gasteiger partial charge on any atom is 0.162 e. The van der Waals surface area contributed by atoms with Crippen molar-refractivity contribution in [1.82, 2.24) is 5.32 Å². The van der Waals surface area contributed by atoms with E-state index < -0.39 is 0 Å². The van der Waals surface area contributed by atoms with Crippen molar-refractivity contribution in [2.24, 2.45) is 0 Å². The first-order valence-electron chi connectivity index (χ1n) is 8.59. The average Bonchev–Trinajstić information content (AvgIpc) is 2.63. The molecule has 0 spiro atoms. The number of hydrogen-bond donors (Lipinski definition) is 1. The fourth-order valence-electron chi connectivity index (χ4n) is 2.39. The molecule has 0 fully saturated rings. The molecular weight excluding hydrogens is 382 g/mol. The minimum atomic E-state index is 0.614. The number of hydrogen-bond acceptors (Lipinski definition) is 4. The lowest BCUT2D eigenvalue weighted by molar-refractivity contribution is 0.276. The Morgan fingerprint density at radius 1 is 0.960 bits per heavy atom. The third-order valence-electron chi connectivity index (χ3n) is 3.68. The largest absolute Gasteiger partial charge is 0.497 e. The zero-order valence-electron chi connectivity index (χ0n) is 15.1. The minimum Gasteiger partial charge on any atom is -0.497 e. The van der Waals surface area contributed by atoms with E-state index in [1.54, 1.807) is 7.11 Å². The van der Waals surface area contributed by atoms with Crippen molar-refractivity contribution in [2.75, 3.05) is 20.3 Å². The molecule has 1 N–H and O–H groups in total. The van der Waals surface area contributed by atoms with Crippen LogP contribution in [0.2, 0.25) is 0 Å². The fraction of sp³-hybridized carbons (Fsp3) is 0.400. The predicted molar refractivity (Wildman–Crippen MR) is 105 cm³/mol. The normalized spacial score (nSPS) is 10.6. The van der Waals surface area contributed by atoms with Gasteiger partial charge in [-0.3, -0.25) is 0 Å². The molecule has 0 aliphatic rings. The van der Waals surface area contributed by atoms with E-state index in [9.17, 15) is 0 Å². The number of rotatable bonds is 10. The SMILES string of the molecule is CCCOc1cc(Br)c(CNCc2ccc(OC)cc2)cc1OCC. The molecule has 0 heterocycles. The number of nitrogens with one attached hydrogen (secondary N) is 1. The molecule has 5 heteroatoms. The summed E-state index contributed by atoms with van der Waals surface area (Å²) in [5.41, 5.74) is 2.35. The summed E-state index contributed by atoms with van der Waals surface area (Å²) in [5, 5.41) is 3.46. The molecule has 0 saturated carbocycles. The lowest BCUT2D eigenvalue weighted by Crippen LogP contribution is -2.13. The summed E-state index contributed by atoms with van der Waals surface area (Å²) in [6, 6.07) is 12.1. The van der Waals surface area contributed by atoms with E-state index in [-0.39, 0.29) is 0 Å². The molecule has 0 saturated heterocycles. The lowest BCUT2D eigenvalue weighted by Gasteiger charge is -2.15. The van der Waals surface area contributed by atoms with Crippen molar-refractivity contribution < 1.29 is 14.2 Å². The number of halogens is 1. The van der Waals surface area contributed by atoms with Gasteiger partial charge in [-0.1, -0.05) is 35.0 Å². The topological polar surface area (TPSA) is 39.7 Å². The smallest absolute Gasteiger partial charge is 0.162 e. The van der Waals surface area contributed by atoms with Gasteiger partial charge in [0.05, 0.1) is 20.3 Å². The quantitative estimate of drug-likeness (QED) is 0.605. The van der Waals surface area contributed by atoms with Crippen molar-refractivity contribution in [1.29, 1.82) is 0 Å².